The van der Waals surface area contributed by atoms with Gasteiger partial charge in [0.25, 0.3) is 0 Å². The monoisotopic (exact) mass is 301 g/mol. The molecule has 0 saturated heterocycles. The van der Waals surface area contributed by atoms with E-state index in [2.05, 4.69) is 4.98 Å². The van der Waals surface area contributed by atoms with Gasteiger partial charge in [0.05, 0.1) is 16.1 Å². The van der Waals surface area contributed by atoms with Gasteiger partial charge in [-0.05, 0) is 18.2 Å². The summed E-state index contributed by atoms with van der Waals surface area (Å²) in [6.07, 6.45) is 1.23. The Morgan fingerprint density at radius 2 is 2.19 bits per heavy atom. The third-order valence-electron chi connectivity index (χ3n) is 2.45. The summed E-state index contributed by atoms with van der Waals surface area (Å²) in [7, 11) is 0. The number of nitriles is 1. The van der Waals surface area contributed by atoms with Crippen molar-refractivity contribution >= 4 is 23.4 Å². The lowest BCUT2D eigenvalue weighted by molar-refractivity contribution is -0.388. The molecular weight excluding hydrogens is 294 g/mol. The van der Waals surface area contributed by atoms with Crippen molar-refractivity contribution in [1.82, 2.24) is 4.98 Å². The average Bonchev–Trinajstić information content (AvgIpc) is 2.47. The van der Waals surface area contributed by atoms with Crippen molar-refractivity contribution in [2.24, 2.45) is 0 Å². The van der Waals surface area contributed by atoms with Crippen LogP contribution in [0.1, 0.15) is 15.9 Å². The molecule has 1 N–H and O–H groups in total. The van der Waals surface area contributed by atoms with Crippen LogP contribution in [0.4, 0.5) is 5.69 Å². The molecule has 0 saturated carbocycles. The highest BCUT2D eigenvalue weighted by molar-refractivity contribution is 7.99. The Morgan fingerprint density at radius 3 is 2.81 bits per heavy atom. The largest absolute Gasteiger partial charge is 0.478 e. The first-order valence-corrected chi connectivity index (χ1v) is 6.38. The Balaban J connectivity index is 2.40. The first kappa shape index (κ1) is 14.5. The lowest BCUT2D eigenvalue weighted by Gasteiger charge is -2.03. The SMILES string of the molecule is N#Cc1cnc(Sc2cccc(C(=O)O)c2)c([N+](=O)[O-])c1. The Kier molecular flexibility index (Phi) is 4.15. The van der Waals surface area contributed by atoms with Crippen LogP contribution in [0.5, 0.6) is 0 Å². The fraction of sp³-hybridized carbons (Fsp3) is 0. The fourth-order valence-electron chi connectivity index (χ4n) is 1.52. The summed E-state index contributed by atoms with van der Waals surface area (Å²) in [5.74, 6) is -1.08. The second-order valence-electron chi connectivity index (χ2n) is 3.85. The summed E-state index contributed by atoms with van der Waals surface area (Å²) in [6, 6.07) is 8.91. The van der Waals surface area contributed by atoms with Gasteiger partial charge in [-0.3, -0.25) is 10.1 Å². The van der Waals surface area contributed by atoms with Gasteiger partial charge in [-0.25, -0.2) is 9.78 Å². The van der Waals surface area contributed by atoms with Gasteiger partial charge in [0.15, 0.2) is 5.03 Å². The predicted octanol–water partition coefficient (Wildman–Crippen LogP) is 2.71. The molecule has 0 aliphatic heterocycles. The summed E-state index contributed by atoms with van der Waals surface area (Å²) in [5.41, 5.74) is -0.124. The molecule has 0 radical (unpaired) electrons. The van der Waals surface area contributed by atoms with Gasteiger partial charge >= 0.3 is 11.7 Å². The van der Waals surface area contributed by atoms with Gasteiger partial charge in [0, 0.05) is 17.2 Å². The molecule has 2 aromatic rings. The zero-order chi connectivity index (χ0) is 15.4. The van der Waals surface area contributed by atoms with Gasteiger partial charge < -0.3 is 5.11 Å². The maximum Gasteiger partial charge on any atom is 0.335 e. The third-order valence-corrected chi connectivity index (χ3v) is 3.45. The van der Waals surface area contributed by atoms with Gasteiger partial charge in [0.2, 0.25) is 0 Å². The highest BCUT2D eigenvalue weighted by Crippen LogP contribution is 2.33. The van der Waals surface area contributed by atoms with E-state index < -0.39 is 10.9 Å². The van der Waals surface area contributed by atoms with Crippen LogP contribution < -0.4 is 0 Å². The molecule has 0 amide bonds. The van der Waals surface area contributed by atoms with Crippen molar-refractivity contribution in [2.45, 2.75) is 9.92 Å². The molecule has 0 spiro atoms. The molecular formula is C13H7N3O4S. The van der Waals surface area contributed by atoms with E-state index in [0.717, 1.165) is 17.8 Å². The second kappa shape index (κ2) is 6.02. The molecule has 2 rings (SSSR count). The van der Waals surface area contributed by atoms with E-state index >= 15 is 0 Å². The van der Waals surface area contributed by atoms with Crippen LogP contribution in [-0.2, 0) is 0 Å². The van der Waals surface area contributed by atoms with Crippen molar-refractivity contribution in [3.63, 3.8) is 0 Å². The Bertz CT molecular complexity index is 770. The number of aromatic nitrogens is 1. The number of aromatic carboxylic acids is 1. The van der Waals surface area contributed by atoms with Gasteiger partial charge in [0.1, 0.15) is 6.07 Å². The average molecular weight is 301 g/mol. The van der Waals surface area contributed by atoms with Crippen molar-refractivity contribution in [1.29, 1.82) is 5.26 Å². The molecule has 104 valence electrons. The lowest BCUT2D eigenvalue weighted by Crippen LogP contribution is -1.97. The van der Waals surface area contributed by atoms with Crippen LogP contribution >= 0.6 is 11.8 Å². The van der Waals surface area contributed by atoms with Crippen molar-refractivity contribution in [2.75, 3.05) is 0 Å². The molecule has 8 heteroatoms. The molecule has 0 bridgehead atoms. The Hall–Kier alpha value is -2.92. The van der Waals surface area contributed by atoms with Crippen LogP contribution in [0.3, 0.4) is 0 Å². The molecule has 21 heavy (non-hydrogen) atoms. The van der Waals surface area contributed by atoms with E-state index in [1.54, 1.807) is 18.2 Å². The summed E-state index contributed by atoms with van der Waals surface area (Å²) in [4.78, 5) is 25.7. The molecule has 0 fully saturated rings. The third kappa shape index (κ3) is 3.34. The highest BCUT2D eigenvalue weighted by atomic mass is 32.2. The first-order valence-electron chi connectivity index (χ1n) is 5.57. The maximum atomic E-state index is 11.0. The molecule has 0 aliphatic carbocycles. The number of carboxylic acids is 1. The highest BCUT2D eigenvalue weighted by Gasteiger charge is 2.18. The molecule has 1 aromatic carbocycles. The Labute approximate surface area is 123 Å². The van der Waals surface area contributed by atoms with Crippen molar-refractivity contribution in [3.05, 3.63) is 57.8 Å². The minimum atomic E-state index is -1.08. The first-order chi connectivity index (χ1) is 10.0. The molecule has 7 nitrogen and oxygen atoms in total. The van der Waals surface area contributed by atoms with E-state index in [9.17, 15) is 14.9 Å². The molecule has 1 heterocycles. The van der Waals surface area contributed by atoms with E-state index in [1.807, 2.05) is 0 Å². The summed E-state index contributed by atoms with van der Waals surface area (Å²) in [5, 5.41) is 28.8. The van der Waals surface area contributed by atoms with E-state index in [-0.39, 0.29) is 21.8 Å². The summed E-state index contributed by atoms with van der Waals surface area (Å²) >= 11 is 0.968. The molecule has 0 atom stereocenters. The number of hydrogen-bond acceptors (Lipinski definition) is 6. The number of nitrogens with zero attached hydrogens (tertiary/aromatic N) is 3. The second-order valence-corrected chi connectivity index (χ2v) is 4.91. The van der Waals surface area contributed by atoms with Gasteiger partial charge in [-0.1, -0.05) is 17.8 Å². The summed E-state index contributed by atoms with van der Waals surface area (Å²) < 4.78 is 0. The van der Waals surface area contributed by atoms with Crippen LogP contribution in [-0.4, -0.2) is 21.0 Å². The van der Waals surface area contributed by atoms with E-state index in [1.165, 1.54) is 18.3 Å². The van der Waals surface area contributed by atoms with Crippen LogP contribution in [0.2, 0.25) is 0 Å². The predicted molar refractivity (Wildman–Crippen MR) is 73.1 cm³/mol. The quantitative estimate of drug-likeness (QED) is 0.681. The number of carbonyl (C=O) groups is 1. The summed E-state index contributed by atoms with van der Waals surface area (Å²) in [6.45, 7) is 0. The smallest absolute Gasteiger partial charge is 0.335 e. The van der Waals surface area contributed by atoms with Gasteiger partial charge in [-0.15, -0.1) is 0 Å². The molecule has 0 unspecified atom stereocenters. The standard InChI is InChI=1S/C13H7N3O4S/c14-6-8-4-11(16(19)20)12(15-7-8)21-10-3-1-2-9(5-10)13(17)18/h1-5,7H,(H,17,18). The van der Waals surface area contributed by atoms with Crippen LogP contribution in [0.25, 0.3) is 0 Å². The van der Waals surface area contributed by atoms with Crippen molar-refractivity contribution in [3.8, 4) is 6.07 Å². The number of carboxylic acid groups (broad SMARTS) is 1. The van der Waals surface area contributed by atoms with Crippen LogP contribution in [0, 0.1) is 21.4 Å². The number of rotatable bonds is 4. The zero-order valence-corrected chi connectivity index (χ0v) is 11.2. The van der Waals surface area contributed by atoms with Crippen molar-refractivity contribution < 1.29 is 14.8 Å². The normalized spacial score (nSPS) is 9.86. The number of benzene rings is 1. The molecule has 1 aromatic heterocycles. The number of hydrogen-bond donors (Lipinski definition) is 1. The Morgan fingerprint density at radius 1 is 1.43 bits per heavy atom. The molecule has 0 aliphatic rings. The lowest BCUT2D eigenvalue weighted by atomic mass is 10.2. The number of pyridine rings is 1. The fourth-order valence-corrected chi connectivity index (χ4v) is 2.41. The van der Waals surface area contributed by atoms with Crippen LogP contribution in [0.15, 0.2) is 46.5 Å². The number of nitro groups is 1. The minimum absolute atomic E-state index is 0.0799. The minimum Gasteiger partial charge on any atom is -0.478 e. The van der Waals surface area contributed by atoms with Gasteiger partial charge in [-0.2, -0.15) is 5.26 Å². The maximum absolute atomic E-state index is 11.0. The van der Waals surface area contributed by atoms with E-state index in [0.29, 0.717) is 4.90 Å². The van der Waals surface area contributed by atoms with E-state index in [4.69, 9.17) is 10.4 Å². The zero-order valence-electron chi connectivity index (χ0n) is 10.4. The topological polar surface area (TPSA) is 117 Å².